The maximum atomic E-state index is 13.5. The first-order chi connectivity index (χ1) is 13.5. The molecule has 0 aliphatic heterocycles. The Morgan fingerprint density at radius 2 is 1.68 bits per heavy atom. The Morgan fingerprint density at radius 1 is 0.929 bits per heavy atom. The number of hydrogen-bond acceptors (Lipinski definition) is 2. The predicted octanol–water partition coefficient (Wildman–Crippen LogP) is 4.42. The Bertz CT molecular complexity index is 1200. The quantitative estimate of drug-likeness (QED) is 0.509. The third-order valence-electron chi connectivity index (χ3n) is 4.78. The molecular weight excluding hydrogens is 375 g/mol. The second-order valence-corrected chi connectivity index (χ2v) is 8.33. The van der Waals surface area contributed by atoms with Crippen molar-refractivity contribution < 1.29 is 12.8 Å². The standard InChI is InChI=1S/C22H19FN2O2S/c23-17-9-6-10-18(13-17)28(26,27)25-15-20(16-7-2-1-3-8-16)21-14-24-22-12-5-4-11-19(21)22/h1-14,20,24-25H,15H2/t20-/m1/s1. The first-order valence-corrected chi connectivity index (χ1v) is 10.4. The van der Waals surface area contributed by atoms with Gasteiger partial charge in [-0.05, 0) is 35.4 Å². The van der Waals surface area contributed by atoms with Crippen molar-refractivity contribution in [3.8, 4) is 0 Å². The van der Waals surface area contributed by atoms with Crippen molar-refractivity contribution in [3.05, 3.63) is 102 Å². The fraction of sp³-hybridized carbons (Fsp3) is 0.0909. The van der Waals surface area contributed by atoms with Crippen molar-refractivity contribution in [1.82, 2.24) is 9.71 Å². The van der Waals surface area contributed by atoms with Crippen LogP contribution in [0.5, 0.6) is 0 Å². The molecule has 0 amide bonds. The van der Waals surface area contributed by atoms with E-state index in [9.17, 15) is 12.8 Å². The van der Waals surface area contributed by atoms with Gasteiger partial charge in [-0.25, -0.2) is 17.5 Å². The van der Waals surface area contributed by atoms with Crippen molar-refractivity contribution in [2.24, 2.45) is 0 Å². The van der Waals surface area contributed by atoms with Crippen molar-refractivity contribution in [3.63, 3.8) is 0 Å². The number of fused-ring (bicyclic) bond motifs is 1. The highest BCUT2D eigenvalue weighted by Crippen LogP contribution is 2.30. The third-order valence-corrected chi connectivity index (χ3v) is 6.20. The second-order valence-electron chi connectivity index (χ2n) is 6.56. The van der Waals surface area contributed by atoms with Crippen LogP contribution in [0.15, 0.2) is 90.0 Å². The van der Waals surface area contributed by atoms with E-state index >= 15 is 0 Å². The lowest BCUT2D eigenvalue weighted by Gasteiger charge is -2.18. The Kier molecular flexibility index (Phi) is 4.98. The molecule has 0 unspecified atom stereocenters. The number of hydrogen-bond donors (Lipinski definition) is 2. The summed E-state index contributed by atoms with van der Waals surface area (Å²) in [5, 5.41) is 1.04. The third kappa shape index (κ3) is 3.69. The molecule has 28 heavy (non-hydrogen) atoms. The number of sulfonamides is 1. The highest BCUT2D eigenvalue weighted by molar-refractivity contribution is 7.89. The average Bonchev–Trinajstić information content (AvgIpc) is 3.13. The molecule has 0 spiro atoms. The zero-order chi connectivity index (χ0) is 19.6. The summed E-state index contributed by atoms with van der Waals surface area (Å²) in [6, 6.07) is 22.6. The van der Waals surface area contributed by atoms with E-state index in [1.807, 2.05) is 60.8 Å². The van der Waals surface area contributed by atoms with E-state index in [0.717, 1.165) is 28.1 Å². The molecule has 2 N–H and O–H groups in total. The molecule has 0 aliphatic rings. The zero-order valence-electron chi connectivity index (χ0n) is 15.0. The summed E-state index contributed by atoms with van der Waals surface area (Å²) in [6.45, 7) is 0.157. The summed E-state index contributed by atoms with van der Waals surface area (Å²) >= 11 is 0. The van der Waals surface area contributed by atoms with Crippen LogP contribution in [0.3, 0.4) is 0 Å². The Hall–Kier alpha value is -2.96. The fourth-order valence-corrected chi connectivity index (χ4v) is 4.46. The van der Waals surface area contributed by atoms with Crippen molar-refractivity contribution in [1.29, 1.82) is 0 Å². The minimum Gasteiger partial charge on any atom is -0.361 e. The van der Waals surface area contributed by atoms with E-state index in [1.165, 1.54) is 18.2 Å². The van der Waals surface area contributed by atoms with Crippen LogP contribution in [-0.4, -0.2) is 19.9 Å². The maximum absolute atomic E-state index is 13.5. The molecule has 4 rings (SSSR count). The molecule has 0 saturated heterocycles. The molecule has 0 saturated carbocycles. The summed E-state index contributed by atoms with van der Waals surface area (Å²) in [5.41, 5.74) is 2.99. The van der Waals surface area contributed by atoms with E-state index < -0.39 is 15.8 Å². The smallest absolute Gasteiger partial charge is 0.240 e. The Balaban J connectivity index is 1.69. The number of halogens is 1. The van der Waals surface area contributed by atoms with E-state index in [2.05, 4.69) is 9.71 Å². The topological polar surface area (TPSA) is 62.0 Å². The number of rotatable bonds is 6. The van der Waals surface area contributed by atoms with Gasteiger partial charge in [-0.2, -0.15) is 0 Å². The van der Waals surface area contributed by atoms with Crippen molar-refractivity contribution in [2.75, 3.05) is 6.54 Å². The van der Waals surface area contributed by atoms with Crippen LogP contribution < -0.4 is 4.72 Å². The van der Waals surface area contributed by atoms with Gasteiger partial charge < -0.3 is 4.98 Å². The van der Waals surface area contributed by atoms with Gasteiger partial charge in [0.15, 0.2) is 0 Å². The molecule has 1 heterocycles. The lowest BCUT2D eigenvalue weighted by atomic mass is 9.91. The molecule has 0 aliphatic carbocycles. The number of nitrogens with one attached hydrogen (secondary N) is 2. The molecule has 1 aromatic heterocycles. The number of aromatic nitrogens is 1. The summed E-state index contributed by atoms with van der Waals surface area (Å²) in [5.74, 6) is -0.778. The highest BCUT2D eigenvalue weighted by Gasteiger charge is 2.22. The summed E-state index contributed by atoms with van der Waals surface area (Å²) in [4.78, 5) is 3.16. The van der Waals surface area contributed by atoms with Crippen LogP contribution in [-0.2, 0) is 10.0 Å². The first-order valence-electron chi connectivity index (χ1n) is 8.91. The molecule has 4 aromatic rings. The summed E-state index contributed by atoms with van der Waals surface area (Å²) < 4.78 is 41.4. The van der Waals surface area contributed by atoms with Gasteiger partial charge in [0.2, 0.25) is 10.0 Å². The first kappa shape index (κ1) is 18.4. The van der Waals surface area contributed by atoms with Crippen LogP contribution in [0.25, 0.3) is 10.9 Å². The van der Waals surface area contributed by atoms with Gasteiger partial charge in [-0.3, -0.25) is 0 Å². The van der Waals surface area contributed by atoms with Crippen LogP contribution in [0.1, 0.15) is 17.0 Å². The molecule has 142 valence electrons. The van der Waals surface area contributed by atoms with Gasteiger partial charge in [0.05, 0.1) is 4.90 Å². The van der Waals surface area contributed by atoms with Crippen LogP contribution >= 0.6 is 0 Å². The fourth-order valence-electron chi connectivity index (χ4n) is 3.39. The van der Waals surface area contributed by atoms with Gasteiger partial charge in [0.1, 0.15) is 5.82 Å². The molecule has 4 nitrogen and oxygen atoms in total. The monoisotopic (exact) mass is 394 g/mol. The zero-order valence-corrected chi connectivity index (χ0v) is 15.8. The highest BCUT2D eigenvalue weighted by atomic mass is 32.2. The summed E-state index contributed by atoms with van der Waals surface area (Å²) in [6.07, 6.45) is 1.92. The van der Waals surface area contributed by atoms with Crippen LogP contribution in [0.2, 0.25) is 0 Å². The van der Waals surface area contributed by atoms with Gasteiger partial charge >= 0.3 is 0 Å². The maximum Gasteiger partial charge on any atom is 0.240 e. The van der Waals surface area contributed by atoms with E-state index in [0.29, 0.717) is 0 Å². The molecule has 1 atom stereocenters. The number of para-hydroxylation sites is 1. The second kappa shape index (κ2) is 7.58. The molecular formula is C22H19FN2O2S. The normalized spacial score (nSPS) is 12.9. The van der Waals surface area contributed by atoms with Crippen LogP contribution in [0.4, 0.5) is 4.39 Å². The van der Waals surface area contributed by atoms with Crippen molar-refractivity contribution >= 4 is 20.9 Å². The van der Waals surface area contributed by atoms with Gasteiger partial charge in [-0.15, -0.1) is 0 Å². The van der Waals surface area contributed by atoms with Gasteiger partial charge in [0, 0.05) is 29.6 Å². The molecule has 0 bridgehead atoms. The minimum absolute atomic E-state index is 0.0850. The minimum atomic E-state index is -3.83. The van der Waals surface area contributed by atoms with E-state index in [4.69, 9.17) is 0 Å². The SMILES string of the molecule is O=S(=O)(NC[C@H](c1ccccc1)c1c[nH]c2ccccc12)c1cccc(F)c1. The van der Waals surface area contributed by atoms with Crippen molar-refractivity contribution in [2.45, 2.75) is 10.8 Å². The Labute approximate surface area is 163 Å². The average molecular weight is 394 g/mol. The summed E-state index contributed by atoms with van der Waals surface area (Å²) in [7, 11) is -3.83. The molecule has 3 aromatic carbocycles. The number of aromatic amines is 1. The Morgan fingerprint density at radius 3 is 2.46 bits per heavy atom. The van der Waals surface area contributed by atoms with Crippen LogP contribution in [0, 0.1) is 5.82 Å². The predicted molar refractivity (Wildman–Crippen MR) is 108 cm³/mol. The molecule has 0 fully saturated rings. The lowest BCUT2D eigenvalue weighted by molar-refractivity contribution is 0.574. The lowest BCUT2D eigenvalue weighted by Crippen LogP contribution is -2.29. The molecule has 6 heteroatoms. The molecule has 0 radical (unpaired) electrons. The number of H-pyrrole nitrogens is 1. The number of benzene rings is 3. The van der Waals surface area contributed by atoms with Gasteiger partial charge in [0.25, 0.3) is 0 Å². The largest absolute Gasteiger partial charge is 0.361 e. The van der Waals surface area contributed by atoms with E-state index in [1.54, 1.807) is 0 Å². The van der Waals surface area contributed by atoms with Gasteiger partial charge in [-0.1, -0.05) is 54.6 Å². The van der Waals surface area contributed by atoms with E-state index in [-0.39, 0.29) is 17.4 Å².